The van der Waals surface area contributed by atoms with E-state index in [-0.39, 0.29) is 0 Å². The fourth-order valence-electron chi connectivity index (χ4n) is 7.82. The van der Waals surface area contributed by atoms with Crippen molar-refractivity contribution in [3.05, 3.63) is 212 Å². The molecule has 0 spiro atoms. The lowest BCUT2D eigenvalue weighted by atomic mass is 9.93. The highest BCUT2D eigenvalue weighted by atomic mass is 15.1. The minimum absolute atomic E-state index is 0.940. The predicted molar refractivity (Wildman–Crippen MR) is 231 cm³/mol. The van der Waals surface area contributed by atoms with Crippen molar-refractivity contribution in [2.24, 2.45) is 0 Å². The Balaban J connectivity index is 1.23. The topological polar surface area (TPSA) is 29.0 Å². The summed E-state index contributed by atoms with van der Waals surface area (Å²) in [6.07, 6.45) is 0. The van der Waals surface area contributed by atoms with Gasteiger partial charge in [-0.15, -0.1) is 0 Å². The standard InChI is InChI=1S/C52H35N3/c1-5-18-37(19-6-1)47-34-41(35-48(53-47)38-20-7-2-8-21-38)39-22-15-23-40(33-39)51-46-32-31-36-17-13-14-28-44(36)50(46)45-29-16-30-49(52(45)54-51)55(42-24-9-3-10-25-42)43-26-11-4-12-27-43/h1-35H. The third-order valence-electron chi connectivity index (χ3n) is 10.4. The molecule has 0 aliphatic rings. The lowest BCUT2D eigenvalue weighted by Crippen LogP contribution is -2.11. The number of para-hydroxylation sites is 3. The highest BCUT2D eigenvalue weighted by Crippen LogP contribution is 2.44. The Hall–Kier alpha value is -7.36. The van der Waals surface area contributed by atoms with E-state index in [1.165, 1.54) is 16.2 Å². The molecule has 10 rings (SSSR count). The van der Waals surface area contributed by atoms with Gasteiger partial charge in [-0.1, -0.05) is 164 Å². The summed E-state index contributed by atoms with van der Waals surface area (Å²) >= 11 is 0. The van der Waals surface area contributed by atoms with E-state index in [0.29, 0.717) is 0 Å². The molecule has 0 radical (unpaired) electrons. The van der Waals surface area contributed by atoms with E-state index in [4.69, 9.17) is 9.97 Å². The SMILES string of the molecule is c1ccc(-c2cc(-c3cccc(-c4nc5c(N(c6ccccc6)c6ccccc6)cccc5c5c4ccc4ccccc45)c3)cc(-c3ccccc3)n2)cc1. The van der Waals surface area contributed by atoms with Gasteiger partial charge < -0.3 is 4.90 Å². The summed E-state index contributed by atoms with van der Waals surface area (Å²) in [5.74, 6) is 0. The minimum Gasteiger partial charge on any atom is -0.308 e. The van der Waals surface area contributed by atoms with Crippen molar-refractivity contribution < 1.29 is 0 Å². The summed E-state index contributed by atoms with van der Waals surface area (Å²) in [5, 5.41) is 5.86. The van der Waals surface area contributed by atoms with Gasteiger partial charge in [0, 0.05) is 44.2 Å². The average molecular weight is 702 g/mol. The maximum Gasteiger partial charge on any atom is 0.0956 e. The van der Waals surface area contributed by atoms with E-state index in [1.54, 1.807) is 0 Å². The molecule has 2 aromatic heterocycles. The number of rotatable bonds is 7. The fourth-order valence-corrected chi connectivity index (χ4v) is 7.82. The Kier molecular flexibility index (Phi) is 8.16. The fraction of sp³-hybridized carbons (Fsp3) is 0. The van der Waals surface area contributed by atoms with Crippen LogP contribution in [0.1, 0.15) is 0 Å². The lowest BCUT2D eigenvalue weighted by molar-refractivity contribution is 1.28. The molecule has 0 fully saturated rings. The van der Waals surface area contributed by atoms with E-state index in [0.717, 1.165) is 78.3 Å². The molecule has 3 heteroatoms. The molecule has 0 aliphatic heterocycles. The molecular weight excluding hydrogens is 667 g/mol. The number of aromatic nitrogens is 2. The first-order valence-electron chi connectivity index (χ1n) is 18.7. The zero-order valence-electron chi connectivity index (χ0n) is 30.0. The molecule has 0 amide bonds. The van der Waals surface area contributed by atoms with E-state index < -0.39 is 0 Å². The first-order valence-corrected chi connectivity index (χ1v) is 18.7. The number of fused-ring (bicyclic) bond motifs is 5. The van der Waals surface area contributed by atoms with Crippen LogP contribution in [0, 0.1) is 0 Å². The quantitative estimate of drug-likeness (QED) is 0.155. The van der Waals surface area contributed by atoms with E-state index in [1.807, 2.05) is 12.1 Å². The first-order chi connectivity index (χ1) is 27.3. The van der Waals surface area contributed by atoms with E-state index >= 15 is 0 Å². The van der Waals surface area contributed by atoms with Crippen molar-refractivity contribution in [1.82, 2.24) is 9.97 Å². The molecule has 10 aromatic rings. The van der Waals surface area contributed by atoms with Crippen molar-refractivity contribution in [3.8, 4) is 44.9 Å². The monoisotopic (exact) mass is 701 g/mol. The van der Waals surface area contributed by atoms with Crippen LogP contribution in [-0.4, -0.2) is 9.97 Å². The van der Waals surface area contributed by atoms with Gasteiger partial charge in [0.05, 0.1) is 28.3 Å². The van der Waals surface area contributed by atoms with Crippen molar-refractivity contribution in [3.63, 3.8) is 0 Å². The molecule has 258 valence electrons. The van der Waals surface area contributed by atoms with Crippen LogP contribution in [0.25, 0.3) is 77.3 Å². The Morgan fingerprint density at radius 2 is 0.855 bits per heavy atom. The highest BCUT2D eigenvalue weighted by Gasteiger charge is 2.20. The van der Waals surface area contributed by atoms with Crippen LogP contribution in [0.2, 0.25) is 0 Å². The van der Waals surface area contributed by atoms with Gasteiger partial charge >= 0.3 is 0 Å². The molecule has 3 nitrogen and oxygen atoms in total. The number of benzene rings is 8. The summed E-state index contributed by atoms with van der Waals surface area (Å²) in [6.45, 7) is 0. The predicted octanol–water partition coefficient (Wildman–Crippen LogP) is 14.1. The normalized spacial score (nSPS) is 11.3. The number of hydrogen-bond acceptors (Lipinski definition) is 3. The van der Waals surface area contributed by atoms with Gasteiger partial charge in [0.1, 0.15) is 0 Å². The zero-order chi connectivity index (χ0) is 36.6. The molecule has 0 aliphatic carbocycles. The summed E-state index contributed by atoms with van der Waals surface area (Å²) in [7, 11) is 0. The van der Waals surface area contributed by atoms with Crippen LogP contribution in [0.3, 0.4) is 0 Å². The van der Waals surface area contributed by atoms with Gasteiger partial charge in [0.15, 0.2) is 0 Å². The van der Waals surface area contributed by atoms with Gasteiger partial charge in [-0.25, -0.2) is 9.97 Å². The second-order valence-corrected chi connectivity index (χ2v) is 13.8. The molecule has 2 heterocycles. The van der Waals surface area contributed by atoms with Crippen molar-refractivity contribution in [2.45, 2.75) is 0 Å². The van der Waals surface area contributed by atoms with Crippen LogP contribution in [-0.2, 0) is 0 Å². The molecule has 0 atom stereocenters. The third kappa shape index (κ3) is 5.98. The van der Waals surface area contributed by atoms with Gasteiger partial charge in [-0.2, -0.15) is 0 Å². The number of anilines is 3. The van der Waals surface area contributed by atoms with Crippen molar-refractivity contribution >= 4 is 49.5 Å². The molecule has 55 heavy (non-hydrogen) atoms. The summed E-state index contributed by atoms with van der Waals surface area (Å²) in [4.78, 5) is 13.1. The molecule has 0 saturated heterocycles. The Labute approximate surface area is 320 Å². The van der Waals surface area contributed by atoms with Crippen molar-refractivity contribution in [2.75, 3.05) is 4.90 Å². The van der Waals surface area contributed by atoms with Gasteiger partial charge in [-0.3, -0.25) is 0 Å². The smallest absolute Gasteiger partial charge is 0.0956 e. The zero-order valence-corrected chi connectivity index (χ0v) is 30.0. The molecular formula is C52H35N3. The van der Waals surface area contributed by atoms with Crippen LogP contribution in [0.15, 0.2) is 212 Å². The number of nitrogens with zero attached hydrogens (tertiary/aromatic N) is 3. The minimum atomic E-state index is 0.940. The summed E-state index contributed by atoms with van der Waals surface area (Å²) < 4.78 is 0. The van der Waals surface area contributed by atoms with Crippen LogP contribution < -0.4 is 4.90 Å². The molecule has 0 saturated carbocycles. The Morgan fingerprint density at radius 3 is 1.51 bits per heavy atom. The molecule has 8 aromatic carbocycles. The van der Waals surface area contributed by atoms with Gasteiger partial charge in [0.2, 0.25) is 0 Å². The van der Waals surface area contributed by atoms with E-state index in [9.17, 15) is 0 Å². The summed E-state index contributed by atoms with van der Waals surface area (Å²) in [5.41, 5.74) is 12.4. The van der Waals surface area contributed by atoms with Crippen LogP contribution in [0.5, 0.6) is 0 Å². The van der Waals surface area contributed by atoms with Crippen LogP contribution in [0.4, 0.5) is 17.1 Å². The molecule has 0 bridgehead atoms. The molecule has 0 unspecified atom stereocenters. The van der Waals surface area contributed by atoms with Gasteiger partial charge in [0.25, 0.3) is 0 Å². The van der Waals surface area contributed by atoms with E-state index in [2.05, 4.69) is 205 Å². The maximum atomic E-state index is 5.66. The Bertz CT molecular complexity index is 2860. The largest absolute Gasteiger partial charge is 0.308 e. The van der Waals surface area contributed by atoms with Crippen LogP contribution >= 0.6 is 0 Å². The number of hydrogen-bond donors (Lipinski definition) is 0. The van der Waals surface area contributed by atoms with Gasteiger partial charge in [-0.05, 0) is 70.4 Å². The highest BCUT2D eigenvalue weighted by molar-refractivity contribution is 6.24. The molecule has 0 N–H and O–H groups in total. The maximum absolute atomic E-state index is 5.66. The second-order valence-electron chi connectivity index (χ2n) is 13.8. The third-order valence-corrected chi connectivity index (χ3v) is 10.4. The lowest BCUT2D eigenvalue weighted by Gasteiger charge is -2.27. The second kappa shape index (κ2) is 13.9. The average Bonchev–Trinajstić information content (AvgIpc) is 3.27. The number of pyridine rings is 2. The Morgan fingerprint density at radius 1 is 0.327 bits per heavy atom. The van der Waals surface area contributed by atoms with Crippen molar-refractivity contribution in [1.29, 1.82) is 0 Å². The first kappa shape index (κ1) is 32.3. The summed E-state index contributed by atoms with van der Waals surface area (Å²) in [6, 6.07) is 75.0.